The van der Waals surface area contributed by atoms with Crippen molar-refractivity contribution >= 4 is 11.0 Å². The predicted octanol–water partition coefficient (Wildman–Crippen LogP) is 5.86. The summed E-state index contributed by atoms with van der Waals surface area (Å²) >= 11 is 0. The van der Waals surface area contributed by atoms with Crippen molar-refractivity contribution in [1.29, 1.82) is 0 Å². The molecular weight excluding hydrogens is 380 g/mol. The quantitative estimate of drug-likeness (QED) is 0.498. The zero-order valence-corrected chi connectivity index (χ0v) is 17.7. The van der Waals surface area contributed by atoms with Crippen LogP contribution in [0.15, 0.2) is 75.0 Å². The third-order valence-corrected chi connectivity index (χ3v) is 4.41. The van der Waals surface area contributed by atoms with Crippen molar-refractivity contribution in [2.24, 2.45) is 0 Å². The number of aromatic hydroxyl groups is 1. The van der Waals surface area contributed by atoms with Gasteiger partial charge in [0.15, 0.2) is 5.43 Å². The van der Waals surface area contributed by atoms with Gasteiger partial charge in [0.2, 0.25) is 0 Å². The van der Waals surface area contributed by atoms with E-state index in [0.29, 0.717) is 24.7 Å². The summed E-state index contributed by atoms with van der Waals surface area (Å²) in [5, 5.41) is 10.4. The first-order valence-corrected chi connectivity index (χ1v) is 9.77. The minimum Gasteiger partial charge on any atom is -0.507 e. The lowest BCUT2D eigenvalue weighted by atomic mass is 10.1. The second-order valence-electron chi connectivity index (χ2n) is 7.50. The summed E-state index contributed by atoms with van der Waals surface area (Å²) in [6, 6.07) is 11.7. The summed E-state index contributed by atoms with van der Waals surface area (Å²) in [5.41, 5.74) is 3.01. The standard InChI is InChI=1S/C25H26O5/c1-16(2)9-11-28-19-7-5-18(6-8-19)23-15-22(27)25-21(26)13-20(14-24(25)30-23)29-12-10-17(3)4/h5-10,13-15,26H,11-12H2,1-4H3. The Morgan fingerprint density at radius 1 is 0.900 bits per heavy atom. The molecule has 0 spiro atoms. The molecular formula is C25H26O5. The summed E-state index contributed by atoms with van der Waals surface area (Å²) in [7, 11) is 0. The normalized spacial score (nSPS) is 10.5. The second kappa shape index (κ2) is 9.35. The van der Waals surface area contributed by atoms with Crippen LogP contribution >= 0.6 is 0 Å². The maximum absolute atomic E-state index is 12.6. The topological polar surface area (TPSA) is 68.9 Å². The molecule has 3 rings (SSSR count). The van der Waals surface area contributed by atoms with Gasteiger partial charge in [-0.15, -0.1) is 0 Å². The first-order chi connectivity index (χ1) is 14.3. The van der Waals surface area contributed by atoms with E-state index in [1.54, 1.807) is 6.07 Å². The Hall–Kier alpha value is -3.47. The lowest BCUT2D eigenvalue weighted by Crippen LogP contribution is -2.02. The number of hydrogen-bond donors (Lipinski definition) is 1. The van der Waals surface area contributed by atoms with Gasteiger partial charge < -0.3 is 19.0 Å². The molecule has 0 unspecified atom stereocenters. The highest BCUT2D eigenvalue weighted by Crippen LogP contribution is 2.31. The summed E-state index contributed by atoms with van der Waals surface area (Å²) < 4.78 is 17.2. The summed E-state index contributed by atoms with van der Waals surface area (Å²) in [6.07, 6.45) is 3.93. The molecule has 0 aliphatic rings. The van der Waals surface area contributed by atoms with E-state index in [1.165, 1.54) is 17.7 Å². The molecule has 156 valence electrons. The van der Waals surface area contributed by atoms with Crippen molar-refractivity contribution in [1.82, 2.24) is 0 Å². The van der Waals surface area contributed by atoms with Crippen molar-refractivity contribution in [2.75, 3.05) is 13.2 Å². The largest absolute Gasteiger partial charge is 0.507 e. The molecule has 0 aliphatic heterocycles. The van der Waals surface area contributed by atoms with Crippen molar-refractivity contribution < 1.29 is 19.0 Å². The number of rotatable bonds is 7. The van der Waals surface area contributed by atoms with Gasteiger partial charge in [-0.25, -0.2) is 0 Å². The number of ether oxygens (including phenoxy) is 2. The maximum Gasteiger partial charge on any atom is 0.197 e. The molecule has 0 fully saturated rings. The smallest absolute Gasteiger partial charge is 0.197 e. The number of allylic oxidation sites excluding steroid dienone is 2. The minimum absolute atomic E-state index is 0.134. The summed E-state index contributed by atoms with van der Waals surface area (Å²) in [6.45, 7) is 8.86. The number of hydrogen-bond acceptors (Lipinski definition) is 5. The molecule has 0 atom stereocenters. The Balaban J connectivity index is 1.90. The SMILES string of the molecule is CC(C)=CCOc1ccc(-c2cc(=O)c3c(O)cc(OCC=C(C)C)cc3o2)cc1. The van der Waals surface area contributed by atoms with Crippen molar-refractivity contribution in [3.05, 3.63) is 76.0 Å². The fraction of sp³-hybridized carbons (Fsp3) is 0.240. The highest BCUT2D eigenvalue weighted by molar-refractivity contribution is 5.86. The van der Waals surface area contributed by atoms with Gasteiger partial charge in [-0.1, -0.05) is 11.1 Å². The molecule has 1 heterocycles. The third kappa shape index (κ3) is 5.32. The molecule has 5 nitrogen and oxygen atoms in total. The molecule has 5 heteroatoms. The summed E-state index contributed by atoms with van der Waals surface area (Å²) in [4.78, 5) is 12.6. The number of phenolic OH excluding ortho intramolecular Hbond substituents is 1. The van der Waals surface area contributed by atoms with E-state index in [4.69, 9.17) is 13.9 Å². The molecule has 1 aromatic heterocycles. The van der Waals surface area contributed by atoms with Crippen LogP contribution in [0.3, 0.4) is 0 Å². The fourth-order valence-electron chi connectivity index (χ4n) is 2.79. The van der Waals surface area contributed by atoms with Crippen molar-refractivity contribution in [3.8, 4) is 28.6 Å². The third-order valence-electron chi connectivity index (χ3n) is 4.41. The van der Waals surface area contributed by atoms with Gasteiger partial charge in [-0.2, -0.15) is 0 Å². The van der Waals surface area contributed by atoms with Crippen LogP contribution in [0, 0.1) is 0 Å². The first kappa shape index (κ1) is 21.2. The average molecular weight is 406 g/mol. The Kier molecular flexibility index (Phi) is 6.62. The average Bonchev–Trinajstić information content (AvgIpc) is 2.67. The van der Waals surface area contributed by atoms with Gasteiger partial charge in [0.1, 0.15) is 47.2 Å². The zero-order valence-electron chi connectivity index (χ0n) is 17.7. The van der Waals surface area contributed by atoms with E-state index in [9.17, 15) is 9.90 Å². The van der Waals surface area contributed by atoms with Gasteiger partial charge in [0.05, 0.1) is 0 Å². The van der Waals surface area contributed by atoms with E-state index in [0.717, 1.165) is 16.9 Å². The molecule has 0 bridgehead atoms. The van der Waals surface area contributed by atoms with Gasteiger partial charge in [-0.05, 0) is 64.1 Å². The molecule has 0 aliphatic carbocycles. The van der Waals surface area contributed by atoms with Crippen LogP contribution in [0.5, 0.6) is 17.2 Å². The van der Waals surface area contributed by atoms with E-state index in [2.05, 4.69) is 0 Å². The lowest BCUT2D eigenvalue weighted by Gasteiger charge is -2.09. The Morgan fingerprint density at radius 3 is 2.10 bits per heavy atom. The van der Waals surface area contributed by atoms with Crippen molar-refractivity contribution in [2.45, 2.75) is 27.7 Å². The van der Waals surface area contributed by atoms with Crippen LogP contribution in [0.25, 0.3) is 22.3 Å². The Morgan fingerprint density at radius 2 is 1.50 bits per heavy atom. The molecule has 30 heavy (non-hydrogen) atoms. The van der Waals surface area contributed by atoms with E-state index < -0.39 is 0 Å². The first-order valence-electron chi connectivity index (χ1n) is 9.77. The van der Waals surface area contributed by atoms with Crippen molar-refractivity contribution in [3.63, 3.8) is 0 Å². The highest BCUT2D eigenvalue weighted by Gasteiger charge is 2.13. The predicted molar refractivity (Wildman–Crippen MR) is 119 cm³/mol. The van der Waals surface area contributed by atoms with Crippen LogP contribution < -0.4 is 14.9 Å². The van der Waals surface area contributed by atoms with Gasteiger partial charge in [0.25, 0.3) is 0 Å². The van der Waals surface area contributed by atoms with Crippen LogP contribution in [0.4, 0.5) is 0 Å². The Bertz CT molecular complexity index is 1140. The molecule has 3 aromatic rings. The van der Waals surface area contributed by atoms with Gasteiger partial charge >= 0.3 is 0 Å². The number of phenols is 1. The molecule has 0 amide bonds. The highest BCUT2D eigenvalue weighted by atomic mass is 16.5. The van der Waals surface area contributed by atoms with Crippen LogP contribution in [0.2, 0.25) is 0 Å². The summed E-state index contributed by atoms with van der Waals surface area (Å²) in [5.74, 6) is 1.40. The van der Waals surface area contributed by atoms with E-state index >= 15 is 0 Å². The minimum atomic E-state index is -0.316. The monoisotopic (exact) mass is 406 g/mol. The molecule has 1 N–H and O–H groups in total. The van der Waals surface area contributed by atoms with Crippen LogP contribution in [0.1, 0.15) is 27.7 Å². The maximum atomic E-state index is 12.6. The van der Waals surface area contributed by atoms with E-state index in [-0.39, 0.29) is 22.1 Å². The Labute approximate surface area is 175 Å². The zero-order chi connectivity index (χ0) is 21.7. The van der Waals surface area contributed by atoms with E-state index in [1.807, 2.05) is 64.1 Å². The second-order valence-corrected chi connectivity index (χ2v) is 7.50. The number of benzene rings is 2. The molecule has 2 aromatic carbocycles. The van der Waals surface area contributed by atoms with Crippen LogP contribution in [-0.2, 0) is 0 Å². The van der Waals surface area contributed by atoms with Crippen LogP contribution in [-0.4, -0.2) is 18.3 Å². The van der Waals surface area contributed by atoms with Gasteiger partial charge in [0, 0.05) is 23.8 Å². The molecule has 0 radical (unpaired) electrons. The fourth-order valence-corrected chi connectivity index (χ4v) is 2.79. The molecule has 0 saturated heterocycles. The van der Waals surface area contributed by atoms with Gasteiger partial charge in [-0.3, -0.25) is 4.79 Å². The lowest BCUT2D eigenvalue weighted by molar-refractivity contribution is 0.359. The molecule has 0 saturated carbocycles. The number of fused-ring (bicyclic) bond motifs is 1.